The molecule has 0 atom stereocenters. The van der Waals surface area contributed by atoms with Crippen LogP contribution in [-0.2, 0) is 11.3 Å². The summed E-state index contributed by atoms with van der Waals surface area (Å²) in [5, 5.41) is 0. The minimum atomic E-state index is 0.636. The van der Waals surface area contributed by atoms with Crippen molar-refractivity contribution in [3.8, 4) is 0 Å². The van der Waals surface area contributed by atoms with Crippen molar-refractivity contribution in [1.29, 1.82) is 0 Å². The maximum absolute atomic E-state index is 5.04. The van der Waals surface area contributed by atoms with Crippen molar-refractivity contribution >= 4 is 0 Å². The van der Waals surface area contributed by atoms with Gasteiger partial charge in [-0.05, 0) is 13.0 Å². The van der Waals surface area contributed by atoms with Gasteiger partial charge < -0.3 is 9.15 Å². The SMILES string of the molecule is COCc1coc(C)c1. The summed E-state index contributed by atoms with van der Waals surface area (Å²) < 4.78 is 9.92. The van der Waals surface area contributed by atoms with Crippen molar-refractivity contribution in [3.63, 3.8) is 0 Å². The van der Waals surface area contributed by atoms with Gasteiger partial charge in [0.1, 0.15) is 5.76 Å². The Labute approximate surface area is 54.4 Å². The van der Waals surface area contributed by atoms with Gasteiger partial charge in [0.25, 0.3) is 0 Å². The third kappa shape index (κ3) is 1.57. The van der Waals surface area contributed by atoms with E-state index in [0.29, 0.717) is 6.61 Å². The van der Waals surface area contributed by atoms with Crippen LogP contribution in [0.5, 0.6) is 0 Å². The predicted octanol–water partition coefficient (Wildman–Crippen LogP) is 1.73. The molecule has 2 nitrogen and oxygen atoms in total. The van der Waals surface area contributed by atoms with Gasteiger partial charge in [0.2, 0.25) is 0 Å². The molecule has 1 aromatic rings. The second-order valence-corrected chi connectivity index (χ2v) is 2.00. The molecule has 0 N–H and O–H groups in total. The number of furan rings is 1. The Bertz CT molecular complexity index is 179. The van der Waals surface area contributed by atoms with Crippen LogP contribution in [0.15, 0.2) is 16.7 Å². The molecule has 0 aliphatic carbocycles. The molecule has 0 saturated heterocycles. The van der Waals surface area contributed by atoms with E-state index >= 15 is 0 Å². The highest BCUT2D eigenvalue weighted by Crippen LogP contribution is 2.06. The summed E-state index contributed by atoms with van der Waals surface area (Å²) in [5.74, 6) is 0.932. The fraction of sp³-hybridized carbons (Fsp3) is 0.429. The molecule has 0 aliphatic heterocycles. The topological polar surface area (TPSA) is 22.4 Å². The van der Waals surface area contributed by atoms with E-state index in [0.717, 1.165) is 11.3 Å². The Hall–Kier alpha value is -0.760. The molecule has 0 unspecified atom stereocenters. The number of ether oxygens (including phenoxy) is 1. The van der Waals surface area contributed by atoms with Crippen LogP contribution in [0.2, 0.25) is 0 Å². The zero-order valence-electron chi connectivity index (χ0n) is 5.68. The first kappa shape index (κ1) is 6.36. The maximum Gasteiger partial charge on any atom is 0.101 e. The summed E-state index contributed by atoms with van der Waals surface area (Å²) in [7, 11) is 1.67. The third-order valence-electron chi connectivity index (χ3n) is 1.10. The highest BCUT2D eigenvalue weighted by atomic mass is 16.5. The lowest BCUT2D eigenvalue weighted by molar-refractivity contribution is 0.184. The first-order valence-electron chi connectivity index (χ1n) is 2.86. The van der Waals surface area contributed by atoms with Crippen molar-refractivity contribution in [2.45, 2.75) is 13.5 Å². The summed E-state index contributed by atoms with van der Waals surface area (Å²) in [5.41, 5.74) is 1.09. The van der Waals surface area contributed by atoms with Crippen molar-refractivity contribution < 1.29 is 9.15 Å². The van der Waals surface area contributed by atoms with E-state index in [2.05, 4.69) is 0 Å². The standard InChI is InChI=1S/C7H10O2/c1-6-3-7(4-8-2)5-9-6/h3,5H,4H2,1-2H3. The molecule has 2 heteroatoms. The van der Waals surface area contributed by atoms with Crippen molar-refractivity contribution in [2.24, 2.45) is 0 Å². The van der Waals surface area contributed by atoms with Gasteiger partial charge in [-0.25, -0.2) is 0 Å². The Balaban J connectivity index is 2.61. The Morgan fingerprint density at radius 2 is 2.44 bits per heavy atom. The molecule has 0 bridgehead atoms. The van der Waals surface area contributed by atoms with E-state index in [1.165, 1.54) is 0 Å². The molecule has 0 saturated carbocycles. The van der Waals surface area contributed by atoms with Crippen LogP contribution in [-0.4, -0.2) is 7.11 Å². The molecular weight excluding hydrogens is 116 g/mol. The molecule has 1 heterocycles. The van der Waals surface area contributed by atoms with Crippen molar-refractivity contribution in [3.05, 3.63) is 23.7 Å². The van der Waals surface area contributed by atoms with Gasteiger partial charge in [-0.1, -0.05) is 0 Å². The zero-order valence-corrected chi connectivity index (χ0v) is 5.68. The van der Waals surface area contributed by atoms with E-state index < -0.39 is 0 Å². The number of aryl methyl sites for hydroxylation is 1. The highest BCUT2D eigenvalue weighted by molar-refractivity contribution is 5.09. The molecule has 0 amide bonds. The minimum Gasteiger partial charge on any atom is -0.469 e. The molecule has 0 fully saturated rings. The van der Waals surface area contributed by atoms with Gasteiger partial charge in [-0.2, -0.15) is 0 Å². The van der Waals surface area contributed by atoms with Crippen LogP contribution in [0.4, 0.5) is 0 Å². The lowest BCUT2D eigenvalue weighted by Crippen LogP contribution is -1.81. The first-order chi connectivity index (χ1) is 4.33. The van der Waals surface area contributed by atoms with Gasteiger partial charge in [0.15, 0.2) is 0 Å². The molecule has 0 aromatic carbocycles. The fourth-order valence-electron chi connectivity index (χ4n) is 0.740. The van der Waals surface area contributed by atoms with E-state index in [4.69, 9.17) is 9.15 Å². The Morgan fingerprint density at radius 1 is 1.67 bits per heavy atom. The van der Waals surface area contributed by atoms with Crippen LogP contribution in [0.25, 0.3) is 0 Å². The van der Waals surface area contributed by atoms with Crippen LogP contribution in [0, 0.1) is 6.92 Å². The number of methoxy groups -OCH3 is 1. The zero-order chi connectivity index (χ0) is 6.69. The molecular formula is C7H10O2. The lowest BCUT2D eigenvalue weighted by Gasteiger charge is -1.88. The molecule has 50 valence electrons. The molecule has 9 heavy (non-hydrogen) atoms. The van der Waals surface area contributed by atoms with Crippen molar-refractivity contribution in [1.82, 2.24) is 0 Å². The first-order valence-corrected chi connectivity index (χ1v) is 2.86. The van der Waals surface area contributed by atoms with E-state index in [9.17, 15) is 0 Å². The smallest absolute Gasteiger partial charge is 0.101 e. The maximum atomic E-state index is 5.04. The van der Waals surface area contributed by atoms with Gasteiger partial charge in [-0.15, -0.1) is 0 Å². The molecule has 0 aliphatic rings. The van der Waals surface area contributed by atoms with E-state index in [1.54, 1.807) is 13.4 Å². The number of rotatable bonds is 2. The van der Waals surface area contributed by atoms with E-state index in [1.807, 2.05) is 13.0 Å². The van der Waals surface area contributed by atoms with Gasteiger partial charge in [0, 0.05) is 12.7 Å². The van der Waals surface area contributed by atoms with Crippen LogP contribution < -0.4 is 0 Å². The lowest BCUT2D eigenvalue weighted by atomic mass is 10.3. The normalized spacial score (nSPS) is 10.0. The van der Waals surface area contributed by atoms with Gasteiger partial charge in [0.05, 0.1) is 12.9 Å². The Morgan fingerprint density at radius 3 is 2.89 bits per heavy atom. The van der Waals surface area contributed by atoms with Gasteiger partial charge in [-0.3, -0.25) is 0 Å². The summed E-state index contributed by atoms with van der Waals surface area (Å²) in [4.78, 5) is 0. The molecule has 1 aromatic heterocycles. The van der Waals surface area contributed by atoms with Gasteiger partial charge >= 0.3 is 0 Å². The fourth-order valence-corrected chi connectivity index (χ4v) is 0.740. The minimum absolute atomic E-state index is 0.636. The molecule has 1 rings (SSSR count). The van der Waals surface area contributed by atoms with Crippen LogP contribution in [0.1, 0.15) is 11.3 Å². The number of hydrogen-bond acceptors (Lipinski definition) is 2. The van der Waals surface area contributed by atoms with Crippen LogP contribution in [0.3, 0.4) is 0 Å². The summed E-state index contributed by atoms with van der Waals surface area (Å²) in [6, 6.07) is 1.96. The number of hydrogen-bond donors (Lipinski definition) is 0. The average molecular weight is 126 g/mol. The summed E-state index contributed by atoms with van der Waals surface area (Å²) in [6.07, 6.45) is 1.71. The predicted molar refractivity (Wildman–Crippen MR) is 34.2 cm³/mol. The third-order valence-corrected chi connectivity index (χ3v) is 1.10. The largest absolute Gasteiger partial charge is 0.469 e. The molecule has 0 spiro atoms. The monoisotopic (exact) mass is 126 g/mol. The highest BCUT2D eigenvalue weighted by Gasteiger charge is 1.94. The quantitative estimate of drug-likeness (QED) is 0.602. The average Bonchev–Trinajstić information content (AvgIpc) is 2.17. The summed E-state index contributed by atoms with van der Waals surface area (Å²) >= 11 is 0. The van der Waals surface area contributed by atoms with Crippen molar-refractivity contribution in [2.75, 3.05) is 7.11 Å². The second-order valence-electron chi connectivity index (χ2n) is 2.00. The van der Waals surface area contributed by atoms with E-state index in [-0.39, 0.29) is 0 Å². The summed E-state index contributed by atoms with van der Waals surface area (Å²) in [6.45, 7) is 2.55. The van der Waals surface area contributed by atoms with Crippen LogP contribution >= 0.6 is 0 Å². The Kier molecular flexibility index (Phi) is 1.90. The second kappa shape index (κ2) is 2.69. The molecule has 0 radical (unpaired) electrons.